The molecular weight excluding hydrogens is 356 g/mol. The number of carbonyl (C=O) groups is 1. The van der Waals surface area contributed by atoms with Crippen molar-refractivity contribution in [2.45, 2.75) is 45.3 Å². The zero-order chi connectivity index (χ0) is 19.3. The lowest BCUT2D eigenvalue weighted by molar-refractivity contribution is 0.131. The van der Waals surface area contributed by atoms with E-state index in [-0.39, 0.29) is 12.1 Å². The summed E-state index contributed by atoms with van der Waals surface area (Å²) in [6, 6.07) is 9.89. The molecule has 0 bridgehead atoms. The van der Waals surface area contributed by atoms with Gasteiger partial charge in [-0.05, 0) is 31.7 Å². The molecule has 1 saturated heterocycles. The van der Waals surface area contributed by atoms with Gasteiger partial charge in [-0.15, -0.1) is 0 Å². The van der Waals surface area contributed by atoms with Crippen LogP contribution in [0.2, 0.25) is 0 Å². The van der Waals surface area contributed by atoms with Crippen LogP contribution in [0.5, 0.6) is 0 Å². The van der Waals surface area contributed by atoms with E-state index >= 15 is 0 Å². The molecule has 1 fully saturated rings. The molecule has 0 spiro atoms. The standard InChI is InChI=1S/C20H24N6O2/c1-15-23-19(28-24-15)18-9-5-6-10-26(18)20(27)21-11-17-12-22-25(14-17)13-16-7-3-2-4-8-16/h2-4,7-8,12,14,18H,5-6,9-11,13H2,1H3,(H,21,27). The maximum atomic E-state index is 12.8. The molecule has 1 atom stereocenters. The van der Waals surface area contributed by atoms with Gasteiger partial charge in [0.25, 0.3) is 0 Å². The quantitative estimate of drug-likeness (QED) is 0.735. The Morgan fingerprint density at radius 3 is 2.89 bits per heavy atom. The molecule has 146 valence electrons. The molecule has 3 heterocycles. The fourth-order valence-electron chi connectivity index (χ4n) is 3.51. The van der Waals surface area contributed by atoms with Gasteiger partial charge in [-0.25, -0.2) is 4.79 Å². The Bertz CT molecular complexity index is 920. The number of piperidine rings is 1. The van der Waals surface area contributed by atoms with Gasteiger partial charge < -0.3 is 14.7 Å². The first-order valence-electron chi connectivity index (χ1n) is 9.59. The minimum absolute atomic E-state index is 0.114. The van der Waals surface area contributed by atoms with E-state index in [1.165, 1.54) is 5.56 Å². The number of hydrogen-bond acceptors (Lipinski definition) is 5. The van der Waals surface area contributed by atoms with Crippen molar-refractivity contribution in [1.29, 1.82) is 0 Å². The van der Waals surface area contributed by atoms with E-state index in [0.29, 0.717) is 31.3 Å². The topological polar surface area (TPSA) is 89.1 Å². The van der Waals surface area contributed by atoms with Gasteiger partial charge in [0.05, 0.1) is 12.7 Å². The highest BCUT2D eigenvalue weighted by atomic mass is 16.5. The molecule has 8 heteroatoms. The number of nitrogens with one attached hydrogen (secondary N) is 1. The van der Waals surface area contributed by atoms with Crippen LogP contribution in [0, 0.1) is 6.92 Å². The van der Waals surface area contributed by atoms with Crippen LogP contribution in [-0.4, -0.2) is 37.4 Å². The van der Waals surface area contributed by atoms with E-state index < -0.39 is 0 Å². The molecule has 0 aliphatic carbocycles. The van der Waals surface area contributed by atoms with Gasteiger partial charge in [-0.2, -0.15) is 10.1 Å². The van der Waals surface area contributed by atoms with Crippen molar-refractivity contribution in [3.05, 3.63) is 65.6 Å². The lowest BCUT2D eigenvalue weighted by Gasteiger charge is -2.33. The third-order valence-corrected chi connectivity index (χ3v) is 4.91. The minimum atomic E-state index is -0.157. The van der Waals surface area contributed by atoms with Crippen molar-refractivity contribution < 1.29 is 9.32 Å². The van der Waals surface area contributed by atoms with Crippen LogP contribution in [0.25, 0.3) is 0 Å². The molecular formula is C20H24N6O2. The van der Waals surface area contributed by atoms with Crippen molar-refractivity contribution in [2.24, 2.45) is 0 Å². The maximum absolute atomic E-state index is 12.8. The van der Waals surface area contributed by atoms with E-state index in [9.17, 15) is 4.79 Å². The highest BCUT2D eigenvalue weighted by Gasteiger charge is 2.31. The number of urea groups is 1. The first-order valence-corrected chi connectivity index (χ1v) is 9.59. The van der Waals surface area contributed by atoms with Crippen molar-refractivity contribution in [3.63, 3.8) is 0 Å². The Morgan fingerprint density at radius 2 is 2.11 bits per heavy atom. The van der Waals surface area contributed by atoms with Crippen LogP contribution >= 0.6 is 0 Å². The van der Waals surface area contributed by atoms with Crippen molar-refractivity contribution in [2.75, 3.05) is 6.54 Å². The Kier molecular flexibility index (Phi) is 5.36. The van der Waals surface area contributed by atoms with E-state index in [2.05, 4.69) is 32.7 Å². The number of nitrogens with zero attached hydrogens (tertiary/aromatic N) is 5. The molecule has 2 aromatic heterocycles. The molecule has 2 amide bonds. The molecule has 1 aliphatic heterocycles. The summed E-state index contributed by atoms with van der Waals surface area (Å²) in [6.07, 6.45) is 6.61. The van der Waals surface area contributed by atoms with Crippen LogP contribution in [0.4, 0.5) is 4.79 Å². The first kappa shape index (κ1) is 18.2. The molecule has 4 rings (SSSR count). The van der Waals surface area contributed by atoms with Crippen molar-refractivity contribution in [1.82, 2.24) is 30.1 Å². The Hall–Kier alpha value is -3.16. The SMILES string of the molecule is Cc1noc(C2CCCCN2C(=O)NCc2cnn(Cc3ccccc3)c2)n1. The number of aryl methyl sites for hydroxylation is 1. The van der Waals surface area contributed by atoms with E-state index in [1.807, 2.05) is 29.1 Å². The third-order valence-electron chi connectivity index (χ3n) is 4.91. The molecule has 3 aromatic rings. The zero-order valence-corrected chi connectivity index (χ0v) is 15.9. The van der Waals surface area contributed by atoms with Gasteiger partial charge >= 0.3 is 6.03 Å². The van der Waals surface area contributed by atoms with E-state index in [0.717, 1.165) is 24.8 Å². The summed E-state index contributed by atoms with van der Waals surface area (Å²) in [4.78, 5) is 18.9. The second-order valence-electron chi connectivity index (χ2n) is 7.08. The van der Waals surface area contributed by atoms with Gasteiger partial charge in [0, 0.05) is 24.8 Å². The summed E-state index contributed by atoms with van der Waals surface area (Å²) in [5.41, 5.74) is 2.15. The van der Waals surface area contributed by atoms with Gasteiger partial charge in [0.2, 0.25) is 5.89 Å². The number of aromatic nitrogens is 4. The Balaban J connectivity index is 1.35. The second kappa shape index (κ2) is 8.24. The summed E-state index contributed by atoms with van der Waals surface area (Å²) in [5, 5.41) is 11.2. The molecule has 1 aliphatic rings. The fraction of sp³-hybridized carbons (Fsp3) is 0.400. The van der Waals surface area contributed by atoms with Crippen molar-refractivity contribution >= 4 is 6.03 Å². The van der Waals surface area contributed by atoms with Crippen LogP contribution in [-0.2, 0) is 13.1 Å². The zero-order valence-electron chi connectivity index (χ0n) is 15.9. The summed E-state index contributed by atoms with van der Waals surface area (Å²) < 4.78 is 7.19. The highest BCUT2D eigenvalue weighted by Crippen LogP contribution is 2.29. The molecule has 1 aromatic carbocycles. The third kappa shape index (κ3) is 4.21. The Morgan fingerprint density at radius 1 is 1.25 bits per heavy atom. The first-order chi connectivity index (χ1) is 13.7. The minimum Gasteiger partial charge on any atom is -0.337 e. The average molecular weight is 380 g/mol. The van der Waals surface area contributed by atoms with Gasteiger partial charge in [0.15, 0.2) is 5.82 Å². The molecule has 0 radical (unpaired) electrons. The summed E-state index contributed by atoms with van der Waals surface area (Å²) in [5.74, 6) is 1.11. The van der Waals surface area contributed by atoms with Gasteiger partial charge in [-0.1, -0.05) is 35.5 Å². The number of hydrogen-bond donors (Lipinski definition) is 1. The Labute approximate surface area is 163 Å². The maximum Gasteiger partial charge on any atom is 0.318 e. The number of benzene rings is 1. The highest BCUT2D eigenvalue weighted by molar-refractivity contribution is 5.74. The van der Waals surface area contributed by atoms with Crippen LogP contribution < -0.4 is 5.32 Å². The molecule has 28 heavy (non-hydrogen) atoms. The fourth-order valence-corrected chi connectivity index (χ4v) is 3.51. The largest absolute Gasteiger partial charge is 0.337 e. The smallest absolute Gasteiger partial charge is 0.318 e. The summed E-state index contributed by atoms with van der Waals surface area (Å²) >= 11 is 0. The van der Waals surface area contributed by atoms with Gasteiger partial charge in [0.1, 0.15) is 6.04 Å². The van der Waals surface area contributed by atoms with Crippen LogP contribution in [0.15, 0.2) is 47.2 Å². The summed E-state index contributed by atoms with van der Waals surface area (Å²) in [6.45, 7) is 3.61. The second-order valence-corrected chi connectivity index (χ2v) is 7.08. The lowest BCUT2D eigenvalue weighted by Crippen LogP contribution is -2.44. The number of amides is 2. The monoisotopic (exact) mass is 380 g/mol. The number of likely N-dealkylation sites (tertiary alicyclic amines) is 1. The van der Waals surface area contributed by atoms with Crippen molar-refractivity contribution in [3.8, 4) is 0 Å². The van der Waals surface area contributed by atoms with Gasteiger partial charge in [-0.3, -0.25) is 4.68 Å². The number of rotatable bonds is 5. The molecule has 8 nitrogen and oxygen atoms in total. The van der Waals surface area contributed by atoms with Crippen LogP contribution in [0.1, 0.15) is 48.1 Å². The van der Waals surface area contributed by atoms with Crippen LogP contribution in [0.3, 0.4) is 0 Å². The van der Waals surface area contributed by atoms with E-state index in [4.69, 9.17) is 4.52 Å². The predicted octanol–water partition coefficient (Wildman–Crippen LogP) is 3.06. The average Bonchev–Trinajstić information content (AvgIpc) is 3.36. The summed E-state index contributed by atoms with van der Waals surface area (Å²) in [7, 11) is 0. The molecule has 1 N–H and O–H groups in total. The molecule has 1 unspecified atom stereocenters. The predicted molar refractivity (Wildman–Crippen MR) is 102 cm³/mol. The normalized spacial score (nSPS) is 16.9. The molecule has 0 saturated carbocycles. The van der Waals surface area contributed by atoms with E-state index in [1.54, 1.807) is 18.0 Å². The lowest BCUT2D eigenvalue weighted by atomic mass is 10.0. The number of carbonyl (C=O) groups excluding carboxylic acids is 1.